The van der Waals surface area contributed by atoms with E-state index in [9.17, 15) is 9.18 Å². The average Bonchev–Trinajstić information content (AvgIpc) is 2.85. The van der Waals surface area contributed by atoms with Gasteiger partial charge in [-0.2, -0.15) is 0 Å². The molecule has 0 aliphatic carbocycles. The molecule has 0 N–H and O–H groups in total. The monoisotopic (exact) mass is 372 g/mol. The van der Waals surface area contributed by atoms with Gasteiger partial charge in [0.15, 0.2) is 10.3 Å². The molecule has 5 nitrogen and oxygen atoms in total. The highest BCUT2D eigenvalue weighted by molar-refractivity contribution is 7.18. The molecule has 8 heteroatoms. The summed E-state index contributed by atoms with van der Waals surface area (Å²) in [5.41, 5.74) is 0.0658. The first-order valence-corrected chi connectivity index (χ1v) is 8.34. The molecule has 0 bridgehead atoms. The number of carbonyl (C=O) groups is 1. The van der Waals surface area contributed by atoms with Crippen molar-refractivity contribution in [2.75, 3.05) is 12.0 Å². The Labute approximate surface area is 149 Å². The van der Waals surface area contributed by atoms with Crippen molar-refractivity contribution in [3.63, 3.8) is 0 Å². The Balaban J connectivity index is 2.32. The molecule has 0 radical (unpaired) electrons. The molecule has 0 fully saturated rings. The molecule has 0 aliphatic rings. The van der Waals surface area contributed by atoms with Gasteiger partial charge in [-0.3, -0.25) is 0 Å². The van der Waals surface area contributed by atoms with E-state index in [4.69, 9.17) is 21.1 Å². The molecule has 130 valence electrons. The van der Waals surface area contributed by atoms with E-state index in [1.807, 2.05) is 0 Å². The zero-order chi connectivity index (χ0) is 17.9. The fraction of sp³-hybridized carbons (Fsp3) is 0.375. The van der Waals surface area contributed by atoms with Crippen LogP contribution in [0.3, 0.4) is 0 Å². The molecule has 1 heterocycles. The topological polar surface area (TPSA) is 51.7 Å². The summed E-state index contributed by atoms with van der Waals surface area (Å²) in [7, 11) is 1.47. The van der Waals surface area contributed by atoms with E-state index >= 15 is 0 Å². The summed E-state index contributed by atoms with van der Waals surface area (Å²) in [6.07, 6.45) is -0.570. The molecular formula is C16H18ClFN2O3S. The maximum Gasteiger partial charge on any atom is 0.416 e. The van der Waals surface area contributed by atoms with Crippen LogP contribution in [0, 0.1) is 5.82 Å². The first-order chi connectivity index (χ1) is 11.2. The van der Waals surface area contributed by atoms with Crippen LogP contribution < -0.4 is 9.64 Å². The molecule has 0 saturated heterocycles. The number of nitrogens with zero attached hydrogens (tertiary/aromatic N) is 2. The number of benzene rings is 1. The number of aromatic nitrogens is 1. The minimum atomic E-state index is -0.663. The Kier molecular flexibility index (Phi) is 5.66. The van der Waals surface area contributed by atoms with E-state index in [0.717, 1.165) is 16.9 Å². The molecule has 0 unspecified atom stereocenters. The number of methoxy groups -OCH3 is 1. The number of thiazole rings is 1. The number of hydrogen-bond acceptors (Lipinski definition) is 5. The summed E-state index contributed by atoms with van der Waals surface area (Å²) in [4.78, 5) is 18.1. The van der Waals surface area contributed by atoms with Crippen molar-refractivity contribution in [3.8, 4) is 5.06 Å². The van der Waals surface area contributed by atoms with Gasteiger partial charge in [-0.05, 0) is 38.5 Å². The number of hydrogen-bond donors (Lipinski definition) is 0. The minimum Gasteiger partial charge on any atom is -0.485 e. The zero-order valence-electron chi connectivity index (χ0n) is 13.8. The van der Waals surface area contributed by atoms with Gasteiger partial charge < -0.3 is 9.47 Å². The number of anilines is 1. The van der Waals surface area contributed by atoms with E-state index < -0.39 is 11.7 Å². The average molecular weight is 373 g/mol. The highest BCUT2D eigenvalue weighted by Gasteiger charge is 2.27. The standard InChI is InChI=1S/C16H18ClFN2O3S/c1-16(2,3)23-15(21)20(9-10-5-7-11(18)8-6-10)14-19-12(17)13(22-4)24-14/h5-8H,9H2,1-4H3. The zero-order valence-corrected chi connectivity index (χ0v) is 15.4. The second-order valence-corrected chi connectivity index (χ2v) is 7.27. The van der Waals surface area contributed by atoms with E-state index in [-0.39, 0.29) is 17.5 Å². The predicted octanol–water partition coefficient (Wildman–Crippen LogP) is 4.89. The Bertz CT molecular complexity index is 713. The van der Waals surface area contributed by atoms with E-state index in [2.05, 4.69) is 4.98 Å². The lowest BCUT2D eigenvalue weighted by Crippen LogP contribution is -2.36. The number of amides is 1. The molecule has 2 aromatic rings. The quantitative estimate of drug-likeness (QED) is 0.767. The molecule has 1 amide bonds. The fourth-order valence-corrected chi connectivity index (χ4v) is 2.91. The van der Waals surface area contributed by atoms with E-state index in [0.29, 0.717) is 10.2 Å². The van der Waals surface area contributed by atoms with Crippen molar-refractivity contribution < 1.29 is 18.7 Å². The van der Waals surface area contributed by atoms with Gasteiger partial charge in [0.05, 0.1) is 13.7 Å². The molecular weight excluding hydrogens is 355 g/mol. The maximum absolute atomic E-state index is 13.1. The van der Waals surface area contributed by atoms with Crippen LogP contribution in [-0.2, 0) is 11.3 Å². The summed E-state index contributed by atoms with van der Waals surface area (Å²) in [6.45, 7) is 5.49. The Morgan fingerprint density at radius 2 is 1.96 bits per heavy atom. The number of rotatable bonds is 4. The SMILES string of the molecule is COc1sc(N(Cc2ccc(F)cc2)C(=O)OC(C)(C)C)nc1Cl. The highest BCUT2D eigenvalue weighted by Crippen LogP contribution is 2.37. The van der Waals surface area contributed by atoms with Gasteiger partial charge in [0.1, 0.15) is 11.4 Å². The third-order valence-electron chi connectivity index (χ3n) is 2.83. The van der Waals surface area contributed by atoms with Crippen LogP contribution in [0.1, 0.15) is 26.3 Å². The Hall–Kier alpha value is -1.86. The summed E-state index contributed by atoms with van der Waals surface area (Å²) < 4.78 is 23.6. The van der Waals surface area contributed by atoms with E-state index in [1.165, 1.54) is 24.1 Å². The molecule has 2 rings (SSSR count). The normalized spacial score (nSPS) is 11.2. The van der Waals surface area contributed by atoms with Gasteiger partial charge in [0.25, 0.3) is 0 Å². The van der Waals surface area contributed by atoms with Gasteiger partial charge in [-0.1, -0.05) is 35.1 Å². The van der Waals surface area contributed by atoms with Crippen molar-refractivity contribution in [2.24, 2.45) is 0 Å². The molecule has 1 aromatic carbocycles. The second kappa shape index (κ2) is 7.36. The van der Waals surface area contributed by atoms with Crippen LogP contribution in [-0.4, -0.2) is 23.8 Å². The lowest BCUT2D eigenvalue weighted by molar-refractivity contribution is 0.0577. The van der Waals surface area contributed by atoms with Crippen LogP contribution in [0.5, 0.6) is 5.06 Å². The summed E-state index contributed by atoms with van der Waals surface area (Å²) in [5.74, 6) is -0.346. The molecule has 1 aromatic heterocycles. The van der Waals surface area contributed by atoms with Gasteiger partial charge in [0.2, 0.25) is 5.06 Å². The van der Waals surface area contributed by atoms with Crippen LogP contribution in [0.25, 0.3) is 0 Å². The second-order valence-electron chi connectivity index (χ2n) is 5.97. The highest BCUT2D eigenvalue weighted by atomic mass is 35.5. The third-order valence-corrected chi connectivity index (χ3v) is 4.24. The van der Waals surface area contributed by atoms with E-state index in [1.54, 1.807) is 32.9 Å². The lowest BCUT2D eigenvalue weighted by Gasteiger charge is -2.25. The lowest BCUT2D eigenvalue weighted by atomic mass is 10.2. The Morgan fingerprint density at radius 3 is 2.46 bits per heavy atom. The Morgan fingerprint density at radius 1 is 1.33 bits per heavy atom. The predicted molar refractivity (Wildman–Crippen MR) is 92.5 cm³/mol. The molecule has 0 saturated carbocycles. The first kappa shape index (κ1) is 18.5. The fourth-order valence-electron chi connectivity index (χ4n) is 1.82. The molecule has 24 heavy (non-hydrogen) atoms. The minimum absolute atomic E-state index is 0.169. The number of ether oxygens (including phenoxy) is 2. The van der Waals surface area contributed by atoms with Crippen LogP contribution in [0.15, 0.2) is 24.3 Å². The van der Waals surface area contributed by atoms with Crippen LogP contribution in [0.2, 0.25) is 5.15 Å². The maximum atomic E-state index is 13.1. The number of halogens is 2. The first-order valence-electron chi connectivity index (χ1n) is 7.15. The molecule has 0 spiro atoms. The smallest absolute Gasteiger partial charge is 0.416 e. The molecule has 0 aliphatic heterocycles. The largest absolute Gasteiger partial charge is 0.485 e. The summed E-state index contributed by atoms with van der Waals surface area (Å²) >= 11 is 7.13. The van der Waals surface area contributed by atoms with Crippen molar-refractivity contribution >= 4 is 34.2 Å². The van der Waals surface area contributed by atoms with Crippen LogP contribution >= 0.6 is 22.9 Å². The van der Waals surface area contributed by atoms with Gasteiger partial charge in [0, 0.05) is 0 Å². The van der Waals surface area contributed by atoms with Crippen molar-refractivity contribution in [3.05, 3.63) is 40.8 Å². The van der Waals surface area contributed by atoms with Gasteiger partial charge in [-0.15, -0.1) is 0 Å². The van der Waals surface area contributed by atoms with Crippen molar-refractivity contribution in [2.45, 2.75) is 32.9 Å². The van der Waals surface area contributed by atoms with Gasteiger partial charge in [-0.25, -0.2) is 19.1 Å². The third kappa shape index (κ3) is 4.82. The summed E-state index contributed by atoms with van der Waals surface area (Å²) in [6, 6.07) is 5.86. The number of carbonyl (C=O) groups excluding carboxylic acids is 1. The van der Waals surface area contributed by atoms with Crippen molar-refractivity contribution in [1.29, 1.82) is 0 Å². The van der Waals surface area contributed by atoms with Crippen LogP contribution in [0.4, 0.5) is 14.3 Å². The molecule has 0 atom stereocenters. The summed E-state index contributed by atoms with van der Waals surface area (Å²) in [5, 5.41) is 0.917. The van der Waals surface area contributed by atoms with Crippen molar-refractivity contribution in [1.82, 2.24) is 4.98 Å². The van der Waals surface area contributed by atoms with Gasteiger partial charge >= 0.3 is 6.09 Å².